The summed E-state index contributed by atoms with van der Waals surface area (Å²) < 4.78 is 5.31. The highest BCUT2D eigenvalue weighted by Gasteiger charge is 2.02. The molecule has 0 bridgehead atoms. The molecule has 13 heavy (non-hydrogen) atoms. The van der Waals surface area contributed by atoms with Crippen molar-refractivity contribution in [3.05, 3.63) is 29.8 Å². The molecule has 0 heterocycles. The largest absolute Gasteiger partial charge is 0.475 e. The number of alkyl halides is 1. The van der Waals surface area contributed by atoms with Crippen LogP contribution in [0.4, 0.5) is 0 Å². The van der Waals surface area contributed by atoms with Gasteiger partial charge in [-0.05, 0) is 18.6 Å². The molecule has 0 aliphatic heterocycles. The lowest BCUT2D eigenvalue weighted by Gasteiger charge is -2.10. The quantitative estimate of drug-likeness (QED) is 0.549. The van der Waals surface area contributed by atoms with Crippen molar-refractivity contribution in [2.24, 2.45) is 0 Å². The van der Waals surface area contributed by atoms with Gasteiger partial charge in [0.15, 0.2) is 5.56 Å². The van der Waals surface area contributed by atoms with E-state index in [2.05, 4.69) is 0 Å². The third-order valence-corrected chi connectivity index (χ3v) is 1.98. The summed E-state index contributed by atoms with van der Waals surface area (Å²) in [7, 11) is 0. The number of ether oxygens (including phenoxy) is 1. The highest BCUT2D eigenvalue weighted by Crippen LogP contribution is 2.16. The lowest BCUT2D eigenvalue weighted by Crippen LogP contribution is -2.06. The summed E-state index contributed by atoms with van der Waals surface area (Å²) in [6.07, 6.45) is 1.51. The minimum atomic E-state index is -0.332. The number of aldehydes is 1. The predicted molar refractivity (Wildman–Crippen MR) is 52.4 cm³/mol. The average Bonchev–Trinajstić information content (AvgIpc) is 2.18. The Morgan fingerprint density at radius 2 is 2.38 bits per heavy atom. The summed E-state index contributed by atoms with van der Waals surface area (Å²) in [6.45, 7) is 1.93. The zero-order chi connectivity index (χ0) is 9.68. The highest BCUT2D eigenvalue weighted by molar-refractivity contribution is 6.19. The molecule has 0 aliphatic rings. The van der Waals surface area contributed by atoms with E-state index in [0.29, 0.717) is 11.3 Å². The van der Waals surface area contributed by atoms with E-state index < -0.39 is 0 Å². The Labute approximate surface area is 82.5 Å². The molecule has 2 nitrogen and oxygen atoms in total. The Morgan fingerprint density at radius 3 is 3.00 bits per heavy atom. The maximum atomic E-state index is 10.4. The maximum Gasteiger partial charge on any atom is 0.171 e. The fourth-order valence-electron chi connectivity index (χ4n) is 0.892. The molecule has 3 heteroatoms. The average molecular weight is 199 g/mol. The molecule has 0 spiro atoms. The summed E-state index contributed by atoms with van der Waals surface area (Å²) in [5, 5.41) is 0. The zero-order valence-electron chi connectivity index (χ0n) is 7.37. The van der Waals surface area contributed by atoms with Crippen LogP contribution in [-0.4, -0.2) is 11.8 Å². The standard InChI is InChI=1S/C10H11ClO2/c1-2-10(11)13-9-5-3-4-8(6-9)7-12/h3-7,10H,2H2,1H3. The van der Waals surface area contributed by atoms with Gasteiger partial charge in [-0.3, -0.25) is 4.79 Å². The topological polar surface area (TPSA) is 26.3 Å². The van der Waals surface area contributed by atoms with Gasteiger partial charge in [-0.25, -0.2) is 0 Å². The summed E-state index contributed by atoms with van der Waals surface area (Å²) in [6, 6.07) is 6.92. The van der Waals surface area contributed by atoms with Crippen molar-refractivity contribution >= 4 is 17.9 Å². The smallest absolute Gasteiger partial charge is 0.171 e. The van der Waals surface area contributed by atoms with E-state index >= 15 is 0 Å². The monoisotopic (exact) mass is 198 g/mol. The van der Waals surface area contributed by atoms with Gasteiger partial charge in [0.05, 0.1) is 0 Å². The first kappa shape index (κ1) is 10.1. The second kappa shape index (κ2) is 4.87. The third kappa shape index (κ3) is 3.07. The van der Waals surface area contributed by atoms with Crippen molar-refractivity contribution in [2.75, 3.05) is 0 Å². The van der Waals surface area contributed by atoms with Gasteiger partial charge in [0, 0.05) is 5.56 Å². The maximum absolute atomic E-state index is 10.4. The summed E-state index contributed by atoms with van der Waals surface area (Å²) in [4.78, 5) is 10.4. The van der Waals surface area contributed by atoms with E-state index in [0.717, 1.165) is 12.7 Å². The first-order valence-corrected chi connectivity index (χ1v) is 4.56. The molecule has 70 valence electrons. The van der Waals surface area contributed by atoms with E-state index in [9.17, 15) is 4.79 Å². The van der Waals surface area contributed by atoms with Gasteiger partial charge in [-0.15, -0.1) is 0 Å². The molecule has 1 atom stereocenters. The molecular formula is C10H11ClO2. The molecule has 1 aromatic rings. The predicted octanol–water partition coefficient (Wildman–Crippen LogP) is 2.85. The Bertz CT molecular complexity index is 286. The van der Waals surface area contributed by atoms with E-state index in [-0.39, 0.29) is 5.56 Å². The summed E-state index contributed by atoms with van der Waals surface area (Å²) in [5.74, 6) is 0.631. The number of rotatable bonds is 4. The van der Waals surface area contributed by atoms with Gasteiger partial charge in [0.25, 0.3) is 0 Å². The normalized spacial score (nSPS) is 12.2. The SMILES string of the molecule is CCC(Cl)Oc1cccc(C=O)c1. The van der Waals surface area contributed by atoms with Gasteiger partial charge < -0.3 is 4.74 Å². The molecular weight excluding hydrogens is 188 g/mol. The van der Waals surface area contributed by atoms with E-state index in [1.165, 1.54) is 0 Å². The van der Waals surface area contributed by atoms with Gasteiger partial charge in [-0.2, -0.15) is 0 Å². The van der Waals surface area contributed by atoms with Crippen molar-refractivity contribution in [2.45, 2.75) is 18.9 Å². The molecule has 0 saturated carbocycles. The molecule has 1 rings (SSSR count). The Morgan fingerprint density at radius 1 is 1.62 bits per heavy atom. The number of halogens is 1. The van der Waals surface area contributed by atoms with Crippen LogP contribution in [0.1, 0.15) is 23.7 Å². The van der Waals surface area contributed by atoms with Crippen LogP contribution in [0.25, 0.3) is 0 Å². The third-order valence-electron chi connectivity index (χ3n) is 1.58. The van der Waals surface area contributed by atoms with Crippen molar-refractivity contribution in [1.29, 1.82) is 0 Å². The number of hydrogen-bond acceptors (Lipinski definition) is 2. The number of hydrogen-bond donors (Lipinski definition) is 0. The number of carbonyl (C=O) groups excluding carboxylic acids is 1. The van der Waals surface area contributed by atoms with Gasteiger partial charge in [0.2, 0.25) is 0 Å². The Kier molecular flexibility index (Phi) is 3.77. The second-order valence-electron chi connectivity index (χ2n) is 2.63. The van der Waals surface area contributed by atoms with Crippen molar-refractivity contribution in [3.63, 3.8) is 0 Å². The molecule has 0 aromatic heterocycles. The fraction of sp³-hybridized carbons (Fsp3) is 0.300. The Balaban J connectivity index is 2.71. The van der Waals surface area contributed by atoms with Crippen LogP contribution in [0, 0.1) is 0 Å². The van der Waals surface area contributed by atoms with Crippen LogP contribution in [0.3, 0.4) is 0 Å². The Hall–Kier alpha value is -1.02. The molecule has 0 aliphatic carbocycles. The lowest BCUT2D eigenvalue weighted by atomic mass is 10.2. The van der Waals surface area contributed by atoms with Crippen LogP contribution < -0.4 is 4.74 Å². The summed E-state index contributed by atoms with van der Waals surface area (Å²) in [5.41, 5.74) is 0.263. The fourth-order valence-corrected chi connectivity index (χ4v) is 0.995. The van der Waals surface area contributed by atoms with E-state index in [4.69, 9.17) is 16.3 Å². The molecule has 0 amide bonds. The van der Waals surface area contributed by atoms with Crippen molar-refractivity contribution < 1.29 is 9.53 Å². The van der Waals surface area contributed by atoms with Crippen LogP contribution in [0.5, 0.6) is 5.75 Å². The highest BCUT2D eigenvalue weighted by atomic mass is 35.5. The second-order valence-corrected chi connectivity index (χ2v) is 3.11. The van der Waals surface area contributed by atoms with E-state index in [1.807, 2.05) is 6.92 Å². The number of carbonyl (C=O) groups is 1. The molecule has 0 N–H and O–H groups in total. The van der Waals surface area contributed by atoms with Crippen molar-refractivity contribution in [1.82, 2.24) is 0 Å². The first-order chi connectivity index (χ1) is 6.26. The minimum Gasteiger partial charge on any atom is -0.475 e. The molecule has 0 fully saturated rings. The van der Waals surface area contributed by atoms with Crippen LogP contribution >= 0.6 is 11.6 Å². The summed E-state index contributed by atoms with van der Waals surface area (Å²) >= 11 is 5.78. The number of benzene rings is 1. The minimum absolute atomic E-state index is 0.332. The molecule has 1 aromatic carbocycles. The first-order valence-electron chi connectivity index (χ1n) is 4.12. The molecule has 1 unspecified atom stereocenters. The van der Waals surface area contributed by atoms with E-state index in [1.54, 1.807) is 24.3 Å². The molecule has 0 radical (unpaired) electrons. The van der Waals surface area contributed by atoms with Gasteiger partial charge >= 0.3 is 0 Å². The van der Waals surface area contributed by atoms with Crippen molar-refractivity contribution in [3.8, 4) is 5.75 Å². The van der Waals surface area contributed by atoms with Gasteiger partial charge in [-0.1, -0.05) is 30.7 Å². The zero-order valence-corrected chi connectivity index (χ0v) is 8.12. The van der Waals surface area contributed by atoms with Crippen LogP contribution in [0.2, 0.25) is 0 Å². The molecule has 0 saturated heterocycles. The lowest BCUT2D eigenvalue weighted by molar-refractivity contribution is 0.112. The van der Waals surface area contributed by atoms with Crippen LogP contribution in [-0.2, 0) is 0 Å². The van der Waals surface area contributed by atoms with Crippen LogP contribution in [0.15, 0.2) is 24.3 Å². The van der Waals surface area contributed by atoms with Gasteiger partial charge in [0.1, 0.15) is 12.0 Å².